The van der Waals surface area contributed by atoms with Crippen molar-refractivity contribution in [1.82, 2.24) is 0 Å². The van der Waals surface area contributed by atoms with Gasteiger partial charge in [-0.05, 0) is 53.1 Å². The Bertz CT molecular complexity index is 931. The van der Waals surface area contributed by atoms with Crippen molar-refractivity contribution >= 4 is 12.0 Å². The van der Waals surface area contributed by atoms with Gasteiger partial charge in [0.05, 0.1) is 17.2 Å². The molecule has 0 N–H and O–H groups in total. The van der Waals surface area contributed by atoms with Crippen molar-refractivity contribution < 1.29 is 9.53 Å². The Morgan fingerprint density at radius 3 is 1.96 bits per heavy atom. The molecule has 3 nitrogen and oxygen atoms in total. The van der Waals surface area contributed by atoms with E-state index in [1.807, 2.05) is 36.4 Å². The van der Waals surface area contributed by atoms with Crippen LogP contribution in [0.5, 0.6) is 5.75 Å². The third kappa shape index (κ3) is 3.82. The van der Waals surface area contributed by atoms with E-state index in [2.05, 4.69) is 12.6 Å². The lowest BCUT2D eigenvalue weighted by Gasteiger charge is -2.06. The van der Waals surface area contributed by atoms with Gasteiger partial charge < -0.3 is 4.74 Å². The summed E-state index contributed by atoms with van der Waals surface area (Å²) in [6.07, 6.45) is 1.73. The van der Waals surface area contributed by atoms with Crippen molar-refractivity contribution in [2.24, 2.45) is 0 Å². The Labute approximate surface area is 146 Å². The van der Waals surface area contributed by atoms with E-state index in [0.29, 0.717) is 16.9 Å². The molecule has 0 atom stereocenters. The highest BCUT2D eigenvalue weighted by molar-refractivity contribution is 5.91. The summed E-state index contributed by atoms with van der Waals surface area (Å²) in [6.45, 7) is 3.69. The van der Waals surface area contributed by atoms with Crippen LogP contribution in [0.4, 0.5) is 0 Å². The molecule has 3 aromatic carbocycles. The Balaban J connectivity index is 1.73. The van der Waals surface area contributed by atoms with E-state index in [0.717, 1.165) is 16.7 Å². The molecule has 3 heteroatoms. The minimum Gasteiger partial charge on any atom is -0.423 e. The Morgan fingerprint density at radius 1 is 0.880 bits per heavy atom. The summed E-state index contributed by atoms with van der Waals surface area (Å²) in [5.41, 5.74) is 4.01. The maximum atomic E-state index is 12.2. The minimum atomic E-state index is -0.405. The van der Waals surface area contributed by atoms with Gasteiger partial charge in [-0.2, -0.15) is 5.26 Å². The van der Waals surface area contributed by atoms with Crippen molar-refractivity contribution in [3.05, 3.63) is 96.1 Å². The molecule has 0 saturated carbocycles. The van der Waals surface area contributed by atoms with Crippen LogP contribution >= 0.6 is 0 Å². The number of ether oxygens (including phenoxy) is 1. The van der Waals surface area contributed by atoms with Crippen LogP contribution in [-0.4, -0.2) is 5.97 Å². The monoisotopic (exact) mass is 325 g/mol. The van der Waals surface area contributed by atoms with Crippen molar-refractivity contribution in [2.75, 3.05) is 0 Å². The van der Waals surface area contributed by atoms with E-state index in [4.69, 9.17) is 10.00 Å². The summed E-state index contributed by atoms with van der Waals surface area (Å²) >= 11 is 0. The lowest BCUT2D eigenvalue weighted by molar-refractivity contribution is 0.0735. The molecule has 0 aliphatic carbocycles. The van der Waals surface area contributed by atoms with Crippen molar-refractivity contribution in [3.63, 3.8) is 0 Å². The smallest absolute Gasteiger partial charge is 0.343 e. The Kier molecular flexibility index (Phi) is 4.73. The molecule has 0 saturated heterocycles. The van der Waals surface area contributed by atoms with E-state index in [1.54, 1.807) is 42.5 Å². The summed E-state index contributed by atoms with van der Waals surface area (Å²) in [5.74, 6) is 0.0875. The molecule has 0 spiro atoms. The van der Waals surface area contributed by atoms with Crippen LogP contribution in [0.2, 0.25) is 0 Å². The minimum absolute atomic E-state index is 0.405. The van der Waals surface area contributed by atoms with E-state index in [9.17, 15) is 4.79 Å². The SMILES string of the molecule is C=Cc1ccc(OC(=O)c2ccc(-c3ccc(C#N)cc3)cc2)cc1. The van der Waals surface area contributed by atoms with Gasteiger partial charge >= 0.3 is 5.97 Å². The average molecular weight is 325 g/mol. The average Bonchev–Trinajstić information content (AvgIpc) is 2.69. The van der Waals surface area contributed by atoms with Crippen molar-refractivity contribution in [2.45, 2.75) is 0 Å². The first-order chi connectivity index (χ1) is 12.2. The number of carbonyl (C=O) groups excluding carboxylic acids is 1. The summed E-state index contributed by atoms with van der Waals surface area (Å²) < 4.78 is 5.37. The first-order valence-corrected chi connectivity index (χ1v) is 7.75. The molecule has 0 unspecified atom stereocenters. The van der Waals surface area contributed by atoms with Gasteiger partial charge in [-0.25, -0.2) is 4.79 Å². The fraction of sp³-hybridized carbons (Fsp3) is 0. The normalized spacial score (nSPS) is 9.88. The van der Waals surface area contributed by atoms with Gasteiger partial charge in [-0.15, -0.1) is 0 Å². The number of nitriles is 1. The molecule has 0 aliphatic rings. The Hall–Kier alpha value is -3.64. The molecule has 0 aliphatic heterocycles. The molecule has 120 valence electrons. The van der Waals surface area contributed by atoms with Crippen molar-refractivity contribution in [1.29, 1.82) is 5.26 Å². The van der Waals surface area contributed by atoms with Gasteiger partial charge in [-0.3, -0.25) is 0 Å². The highest BCUT2D eigenvalue weighted by Gasteiger charge is 2.09. The largest absolute Gasteiger partial charge is 0.423 e. The third-order valence-electron chi connectivity index (χ3n) is 3.79. The molecule has 3 aromatic rings. The van der Waals surface area contributed by atoms with Crippen LogP contribution in [0.3, 0.4) is 0 Å². The number of rotatable bonds is 4. The number of nitrogens with zero attached hydrogens (tertiary/aromatic N) is 1. The van der Waals surface area contributed by atoms with Crippen LogP contribution in [0.1, 0.15) is 21.5 Å². The zero-order chi connectivity index (χ0) is 17.6. The first kappa shape index (κ1) is 16.2. The summed E-state index contributed by atoms with van der Waals surface area (Å²) in [7, 11) is 0. The predicted octanol–water partition coefficient (Wildman–Crippen LogP) is 5.09. The van der Waals surface area contributed by atoms with Gasteiger partial charge in [-0.1, -0.05) is 49.1 Å². The van der Waals surface area contributed by atoms with Crippen LogP contribution in [-0.2, 0) is 0 Å². The number of esters is 1. The van der Waals surface area contributed by atoms with Gasteiger partial charge in [0.15, 0.2) is 0 Å². The van der Waals surface area contributed by atoms with Crippen LogP contribution < -0.4 is 4.74 Å². The molecule has 0 aromatic heterocycles. The molecule has 3 rings (SSSR count). The van der Waals surface area contributed by atoms with Gasteiger partial charge in [0.1, 0.15) is 5.75 Å². The van der Waals surface area contributed by atoms with Crippen LogP contribution in [0.25, 0.3) is 17.2 Å². The maximum absolute atomic E-state index is 12.2. The third-order valence-corrected chi connectivity index (χ3v) is 3.79. The van der Waals surface area contributed by atoms with Gasteiger partial charge in [0.25, 0.3) is 0 Å². The maximum Gasteiger partial charge on any atom is 0.343 e. The molecule has 25 heavy (non-hydrogen) atoms. The van der Waals surface area contributed by atoms with Gasteiger partial charge in [0, 0.05) is 0 Å². The fourth-order valence-corrected chi connectivity index (χ4v) is 2.37. The quantitative estimate of drug-likeness (QED) is 0.496. The van der Waals surface area contributed by atoms with E-state index in [-0.39, 0.29) is 0 Å². The topological polar surface area (TPSA) is 50.1 Å². The second-order valence-electron chi connectivity index (χ2n) is 5.43. The zero-order valence-electron chi connectivity index (χ0n) is 13.5. The molecule has 0 fully saturated rings. The number of benzene rings is 3. The van der Waals surface area contributed by atoms with E-state index < -0.39 is 5.97 Å². The second kappa shape index (κ2) is 7.29. The van der Waals surface area contributed by atoms with E-state index >= 15 is 0 Å². The summed E-state index contributed by atoms with van der Waals surface area (Å²) in [6, 6.07) is 23.7. The molecule has 0 heterocycles. The molecule has 0 amide bonds. The second-order valence-corrected chi connectivity index (χ2v) is 5.43. The summed E-state index contributed by atoms with van der Waals surface area (Å²) in [5, 5.41) is 8.84. The van der Waals surface area contributed by atoms with E-state index in [1.165, 1.54) is 0 Å². The molecular formula is C22H15NO2. The van der Waals surface area contributed by atoms with Crippen LogP contribution in [0, 0.1) is 11.3 Å². The standard InChI is InChI=1S/C22H15NO2/c1-2-16-5-13-21(14-6-16)25-22(24)20-11-9-19(10-12-20)18-7-3-17(15-23)4-8-18/h2-14H,1H2. The first-order valence-electron chi connectivity index (χ1n) is 7.75. The predicted molar refractivity (Wildman–Crippen MR) is 98.1 cm³/mol. The fourth-order valence-electron chi connectivity index (χ4n) is 2.37. The zero-order valence-corrected chi connectivity index (χ0v) is 13.5. The molecule has 0 radical (unpaired) electrons. The summed E-state index contributed by atoms with van der Waals surface area (Å²) in [4.78, 5) is 12.2. The highest BCUT2D eigenvalue weighted by Crippen LogP contribution is 2.21. The number of hydrogen-bond donors (Lipinski definition) is 0. The lowest BCUT2D eigenvalue weighted by Crippen LogP contribution is -2.08. The number of hydrogen-bond acceptors (Lipinski definition) is 3. The molecule has 0 bridgehead atoms. The molecular weight excluding hydrogens is 310 g/mol. The number of carbonyl (C=O) groups is 1. The lowest BCUT2D eigenvalue weighted by atomic mass is 10.0. The Morgan fingerprint density at radius 2 is 1.44 bits per heavy atom. The van der Waals surface area contributed by atoms with Gasteiger partial charge in [0.2, 0.25) is 0 Å². The van der Waals surface area contributed by atoms with Crippen molar-refractivity contribution in [3.8, 4) is 22.9 Å². The highest BCUT2D eigenvalue weighted by atomic mass is 16.5. The van der Waals surface area contributed by atoms with Crippen LogP contribution in [0.15, 0.2) is 79.4 Å².